The van der Waals surface area contributed by atoms with Crippen LogP contribution < -0.4 is 15.5 Å². The number of nitrogens with one attached hydrogen (secondary N) is 1. The number of benzene rings is 1. The Morgan fingerprint density at radius 1 is 1.50 bits per heavy atom. The fourth-order valence-electron chi connectivity index (χ4n) is 2.37. The first-order valence-corrected chi connectivity index (χ1v) is 7.43. The molecule has 0 saturated carbocycles. The highest BCUT2D eigenvalue weighted by Crippen LogP contribution is 2.28. The Kier molecular flexibility index (Phi) is 0.442. The van der Waals surface area contributed by atoms with Gasteiger partial charge in [0.15, 0.2) is 0 Å². The molecule has 7 nitrogen and oxygen atoms in total. The maximum Gasteiger partial charge on any atom is 0.491 e. The number of aromatic nitrogens is 1. The molecule has 0 aliphatic carbocycles. The molecule has 2 N–H and O–H groups in total. The average Bonchev–Trinajstić information content (AvgIpc) is 1.71. The van der Waals surface area contributed by atoms with E-state index in [0.717, 1.165) is 11.0 Å². The first-order chi connectivity index (χ1) is 66.7. The minimum Gasteiger partial charge on any atom is -0.439 e. The number of hydrogen-bond donors (Lipinski definition) is 2. The van der Waals surface area contributed by atoms with Crippen molar-refractivity contribution in [1.29, 1.82) is 0 Å². The van der Waals surface area contributed by atoms with Gasteiger partial charge in [0.05, 0.1) is 19.8 Å². The Bertz CT molecular complexity index is 870. The number of hydrogen-bond acceptors (Lipinski definition) is 6. The van der Waals surface area contributed by atoms with Gasteiger partial charge in [0.25, 0.3) is 0 Å². The molecule has 0 saturated heterocycles. The zero-order chi connectivity index (χ0) is 127. The number of rotatable bonds is 6. The Labute approximate surface area is 311 Å². The SMILES string of the molecule is [2HH].[2H][2H].[2H][2H].[2H][2H].[2H][2H].[2H][2H].[2H][2H].[2H][2H].[2H][2H].[2H][2H].[2H][2H].[2H][2H].[2H][2H].[2H][2H].[2H][2H].[2H][2H].[2H][2H].[2H][2H].[2H][2H].[2H][2H].[2H][2H].[2H][2H].[2H][2H].[2H][2H].[2H][2H].[2H][2H].[2H][2H].[2H][2H].[2H][2H].[2H][2H].[2H][2H].[2H][2H].[2H][2H].[2H][2H].[2H][2H].[2H][2H].[2H][2H].[2H][2H].[2H][2H].[2H][2H].[2H][2H].[2H][2H].[2H][2H].[2H][2H].[2H][2H].[2H][2H].[2H][2H].[2H][2H].[2H][2H].[2H][2H].[2H][2H].[2H][2H].[2H][2H].[2H][2H].[2H][2H].[2H][2H].[C-]#[N+]c1ccc(Oc2ccc3c(c2)COB3O)nc1NCCOC. The Morgan fingerprint density at radius 2 is 2.38 bits per heavy atom. The summed E-state index contributed by atoms with van der Waals surface area (Å²) >= 11 is 0. The molecule has 0 atom stereocenters. The maximum atomic E-state index is 9.64. The largest absolute Gasteiger partial charge is 0.491 e. The lowest BCUT2D eigenvalue weighted by atomic mass is 9.80. The summed E-state index contributed by atoms with van der Waals surface area (Å²) in [5.74, 6) is 1.43. The lowest BCUT2D eigenvalue weighted by Crippen LogP contribution is -2.27. The molecule has 1 aliphatic heterocycles. The highest BCUT2D eigenvalue weighted by atomic mass is 16.5. The van der Waals surface area contributed by atoms with Gasteiger partial charge in [-0.05, 0) is 35.3 Å². The van der Waals surface area contributed by atoms with Crippen molar-refractivity contribution in [1.82, 2.24) is 4.98 Å². The van der Waals surface area contributed by atoms with Crippen molar-refractivity contribution < 1.29 is 184 Å². The van der Waals surface area contributed by atoms with Crippen LogP contribution in [0.5, 0.6) is 11.6 Å². The molecule has 1 aromatic heterocycles. The van der Waals surface area contributed by atoms with Crippen molar-refractivity contribution >= 4 is 24.1 Å². The third-order valence-corrected chi connectivity index (χ3v) is 3.57. The summed E-state index contributed by atoms with van der Waals surface area (Å²) in [6.45, 7) is 8.60. The predicted molar refractivity (Wildman–Crippen MR) is 208 cm³/mol. The van der Waals surface area contributed by atoms with Crippen LogP contribution in [0.25, 0.3) is 4.85 Å². The monoisotopic (exact) mass is 550 g/mol. The van der Waals surface area contributed by atoms with Crippen LogP contribution in [0.4, 0.5) is 11.5 Å². The van der Waals surface area contributed by atoms with Crippen molar-refractivity contribution in [3.63, 3.8) is 0 Å². The minimum absolute atomic E-state index is 0. The number of ether oxygens (including phenoxy) is 2. The van der Waals surface area contributed by atoms with E-state index < -0.39 is 7.12 Å². The van der Waals surface area contributed by atoms with Crippen LogP contribution in [0.2, 0.25) is 0 Å². The van der Waals surface area contributed by atoms with E-state index in [-0.39, 0.29) is 1.43 Å². The minimum atomic E-state index is -0.873. The van der Waals surface area contributed by atoms with Crippen LogP contribution in [0.15, 0.2) is 30.3 Å². The summed E-state index contributed by atoms with van der Waals surface area (Å²) in [6, 6.07) is 8.64. The van der Waals surface area contributed by atoms with Gasteiger partial charge in [-0.3, -0.25) is 0 Å². The van der Waals surface area contributed by atoms with Gasteiger partial charge in [-0.25, -0.2) is 9.83 Å². The fourth-order valence-corrected chi connectivity index (χ4v) is 2.37. The second-order valence-electron chi connectivity index (χ2n) is 5.17. The van der Waals surface area contributed by atoms with Crippen LogP contribution in [-0.2, 0) is 16.0 Å². The van der Waals surface area contributed by atoms with Gasteiger partial charge < -0.3 is 24.5 Å². The Hall–Kier alpha value is -2.60. The van der Waals surface area contributed by atoms with E-state index in [0.29, 0.717) is 42.9 Å². The van der Waals surface area contributed by atoms with Crippen molar-refractivity contribution in [2.24, 2.45) is 0 Å². The van der Waals surface area contributed by atoms with Gasteiger partial charge in [-0.1, -0.05) is 6.07 Å². The Morgan fingerprint density at radius 3 is 3.17 bits per heavy atom. The van der Waals surface area contributed by atoms with Gasteiger partial charge in [0.1, 0.15) is 11.6 Å². The predicted octanol–water partition coefficient (Wildman–Crippen LogP) is 15.5. The van der Waals surface area contributed by atoms with Gasteiger partial charge in [-0.2, -0.15) is 0 Å². The number of nitrogens with zero attached hydrogens (tertiary/aromatic N) is 2. The molecule has 1 aromatic carbocycles. The number of methoxy groups -OCH3 is 1. The standard InChI is InChI=1S/C16H16BN3O4.56H2/c1-18-14-5-6-15(20-16(14)19-7-8-22-2)24-12-3-4-13-11(9-12)10-23-17(13)21;;;;;;;;;;;;;;;;;;;;;;;;;;;;;;;;;;;;;;;;;;;;;;;;;;;;;;;;/h3-6,9,21H,7-8,10H2,2H3,(H,19,20);56*1H/i;55*1+1D;1+1. The van der Waals surface area contributed by atoms with Gasteiger partial charge >= 0.3 is 7.12 Å². The molecule has 2 heterocycles. The second-order valence-corrected chi connectivity index (χ2v) is 5.17. The van der Waals surface area contributed by atoms with Crippen molar-refractivity contribution in [2.75, 3.05) is 25.6 Å². The third-order valence-electron chi connectivity index (χ3n) is 3.57. The molecule has 0 radical (unpaired) electrons. The molecule has 2 aromatic rings. The maximum absolute atomic E-state index is 9.64. The number of pyridine rings is 1. The van der Waals surface area contributed by atoms with Gasteiger partial charge in [0.2, 0.25) is 11.6 Å². The van der Waals surface area contributed by atoms with Crippen molar-refractivity contribution in [3.8, 4) is 11.6 Å². The summed E-state index contributed by atoms with van der Waals surface area (Å²) in [6.07, 6.45) is 0. The summed E-state index contributed by atoms with van der Waals surface area (Å²) in [5, 5.41) is 12.7. The van der Waals surface area contributed by atoms with E-state index in [1.54, 1.807) is 31.4 Å². The number of fused-ring (bicyclic) bond motifs is 1. The molecular formula is C16H128BN3O4. The normalized spacial score (nSPS) is 31.0. The Balaban J connectivity index is -0.0000000101. The van der Waals surface area contributed by atoms with Crippen molar-refractivity contribution in [2.45, 2.75) is 6.61 Å². The summed E-state index contributed by atoms with van der Waals surface area (Å²) in [4.78, 5) is 7.77. The van der Waals surface area contributed by atoms with Crippen LogP contribution in [-0.4, -0.2) is 37.4 Å². The lowest BCUT2D eigenvalue weighted by Gasteiger charge is -2.10. The topological polar surface area (TPSA) is 77.2 Å². The zero-order valence-corrected chi connectivity index (χ0v) is 13.2. The van der Waals surface area contributed by atoms with E-state index in [1.165, 1.54) is 0 Å². The molecule has 1 aliphatic rings. The molecule has 0 fully saturated rings. The van der Waals surface area contributed by atoms with Crippen molar-refractivity contribution in [3.05, 3.63) is 47.3 Å². The molecule has 3 rings (SSSR count). The van der Waals surface area contributed by atoms with E-state index >= 15 is 0 Å². The first-order valence-electron chi connectivity index (χ1n) is 62.4. The zero-order valence-electron chi connectivity index (χ0n) is 123. The smallest absolute Gasteiger partial charge is 0.439 e. The molecular weight excluding hydrogens is 309 g/mol. The lowest BCUT2D eigenvalue weighted by molar-refractivity contribution is 0.210. The fraction of sp³-hybridized carbons (Fsp3) is 0.250. The average molecular weight is 550 g/mol. The quantitative estimate of drug-likeness (QED) is 0.212. The van der Waals surface area contributed by atoms with E-state index in [2.05, 4.69) is 15.1 Å². The van der Waals surface area contributed by atoms with Crippen LogP contribution in [0, 0.1) is 6.57 Å². The van der Waals surface area contributed by atoms with Gasteiger partial charge in [0, 0.05) is 178 Å². The summed E-state index contributed by atoms with van der Waals surface area (Å²) in [5.41, 5.74) is 2.06. The van der Waals surface area contributed by atoms with Crippen LogP contribution in [0.3, 0.4) is 0 Å². The van der Waals surface area contributed by atoms with Crippen LogP contribution in [0.1, 0.15) is 170 Å². The van der Waals surface area contributed by atoms with Gasteiger partial charge in [-0.15, -0.1) is 0 Å². The van der Waals surface area contributed by atoms with Crippen LogP contribution >= 0.6 is 0 Å². The molecule has 0 spiro atoms. The van der Waals surface area contributed by atoms with E-state index in [9.17, 15) is 5.02 Å². The highest BCUT2D eigenvalue weighted by Gasteiger charge is 2.27. The molecule has 234 valence electrons. The van der Waals surface area contributed by atoms with E-state index in [1.807, 2.05) is 6.07 Å². The number of anilines is 1. The molecule has 24 heavy (non-hydrogen) atoms. The molecule has 8 heteroatoms. The summed E-state index contributed by atoms with van der Waals surface area (Å²) < 4.78 is 566. The second kappa shape index (κ2) is 7.32. The molecule has 0 unspecified atom stereocenters. The first kappa shape index (κ1) is 1.45. The summed E-state index contributed by atoms with van der Waals surface area (Å²) in [7, 11) is 0.737. The molecule has 0 amide bonds. The molecule has 0 bridgehead atoms. The third kappa shape index (κ3) is 3.49. The van der Waals surface area contributed by atoms with E-state index in [4.69, 9.17) is 184 Å². The highest BCUT2D eigenvalue weighted by molar-refractivity contribution is 6.61.